The monoisotopic (exact) mass is 313 g/mol. The van der Waals surface area contributed by atoms with Gasteiger partial charge in [-0.05, 0) is 57.9 Å². The number of rotatable bonds is 6. The van der Waals surface area contributed by atoms with E-state index in [1.54, 1.807) is 7.11 Å². The summed E-state index contributed by atoms with van der Waals surface area (Å²) in [5.74, 6) is 0. The van der Waals surface area contributed by atoms with Gasteiger partial charge in [-0.3, -0.25) is 0 Å². The molecule has 102 valence electrons. The average molecular weight is 314 g/mol. The lowest BCUT2D eigenvalue weighted by Crippen LogP contribution is -2.26. The van der Waals surface area contributed by atoms with Crippen molar-refractivity contribution in [2.24, 2.45) is 0 Å². The van der Waals surface area contributed by atoms with Crippen LogP contribution in [0.4, 0.5) is 0 Å². The molecule has 1 aromatic rings. The standard InChI is InChI=1S/C15H24BrNO/c1-11-6-7-12(10-13(11)16)14(17-4)8-9-15(2,3)18-5/h6-7,10,14,17H,8-9H2,1-5H3. The van der Waals surface area contributed by atoms with E-state index in [0.29, 0.717) is 6.04 Å². The lowest BCUT2D eigenvalue weighted by atomic mass is 9.94. The highest BCUT2D eigenvalue weighted by molar-refractivity contribution is 9.10. The van der Waals surface area contributed by atoms with E-state index in [1.165, 1.54) is 15.6 Å². The summed E-state index contributed by atoms with van der Waals surface area (Å²) in [6.07, 6.45) is 2.09. The molecule has 0 spiro atoms. The van der Waals surface area contributed by atoms with Gasteiger partial charge >= 0.3 is 0 Å². The summed E-state index contributed by atoms with van der Waals surface area (Å²) in [5.41, 5.74) is 2.53. The van der Waals surface area contributed by atoms with Gasteiger partial charge in [-0.1, -0.05) is 28.1 Å². The van der Waals surface area contributed by atoms with Crippen molar-refractivity contribution in [3.63, 3.8) is 0 Å². The van der Waals surface area contributed by atoms with E-state index < -0.39 is 0 Å². The SMILES string of the molecule is CNC(CCC(C)(C)OC)c1ccc(C)c(Br)c1. The van der Waals surface area contributed by atoms with Gasteiger partial charge in [-0.25, -0.2) is 0 Å². The molecule has 0 saturated heterocycles. The zero-order valence-corrected chi connectivity index (χ0v) is 13.6. The molecule has 0 aromatic heterocycles. The first-order valence-electron chi connectivity index (χ1n) is 6.38. The number of nitrogens with one attached hydrogen (secondary N) is 1. The third kappa shape index (κ3) is 4.38. The molecule has 0 aliphatic heterocycles. The zero-order valence-electron chi connectivity index (χ0n) is 12.0. The molecule has 0 radical (unpaired) electrons. The number of aryl methyl sites for hydroxylation is 1. The predicted octanol–water partition coefficient (Wildman–Crippen LogP) is 4.22. The Morgan fingerprint density at radius 1 is 1.39 bits per heavy atom. The summed E-state index contributed by atoms with van der Waals surface area (Å²) in [4.78, 5) is 0. The molecule has 1 atom stereocenters. The second-order valence-corrected chi connectivity index (χ2v) is 6.21. The smallest absolute Gasteiger partial charge is 0.0623 e. The van der Waals surface area contributed by atoms with Crippen molar-refractivity contribution in [3.8, 4) is 0 Å². The third-order valence-electron chi connectivity index (χ3n) is 3.53. The quantitative estimate of drug-likeness (QED) is 0.849. The lowest BCUT2D eigenvalue weighted by Gasteiger charge is -2.26. The summed E-state index contributed by atoms with van der Waals surface area (Å²) in [7, 11) is 3.79. The number of hydrogen-bond acceptors (Lipinski definition) is 2. The van der Waals surface area contributed by atoms with Gasteiger partial charge in [-0.2, -0.15) is 0 Å². The maximum absolute atomic E-state index is 5.47. The van der Waals surface area contributed by atoms with Gasteiger partial charge in [0.1, 0.15) is 0 Å². The highest BCUT2D eigenvalue weighted by Crippen LogP contribution is 2.27. The highest BCUT2D eigenvalue weighted by Gasteiger charge is 2.19. The van der Waals surface area contributed by atoms with Crippen molar-refractivity contribution >= 4 is 15.9 Å². The lowest BCUT2D eigenvalue weighted by molar-refractivity contribution is 0.0118. The van der Waals surface area contributed by atoms with Crippen LogP contribution < -0.4 is 5.32 Å². The van der Waals surface area contributed by atoms with Crippen molar-refractivity contribution in [2.45, 2.75) is 45.3 Å². The Bertz CT molecular complexity index is 390. The maximum Gasteiger partial charge on any atom is 0.0623 e. The molecule has 2 nitrogen and oxygen atoms in total. The molecule has 0 aliphatic rings. The Balaban J connectivity index is 2.74. The highest BCUT2D eigenvalue weighted by atomic mass is 79.9. The molecule has 0 saturated carbocycles. The minimum Gasteiger partial charge on any atom is -0.379 e. The van der Waals surface area contributed by atoms with Crippen LogP contribution in [-0.4, -0.2) is 19.8 Å². The largest absolute Gasteiger partial charge is 0.379 e. The van der Waals surface area contributed by atoms with Crippen LogP contribution >= 0.6 is 15.9 Å². The fourth-order valence-electron chi connectivity index (χ4n) is 1.90. The van der Waals surface area contributed by atoms with E-state index in [4.69, 9.17) is 4.74 Å². The van der Waals surface area contributed by atoms with Gasteiger partial charge in [0.25, 0.3) is 0 Å². The summed E-state index contributed by atoms with van der Waals surface area (Å²) in [6.45, 7) is 6.37. The average Bonchev–Trinajstić information content (AvgIpc) is 2.34. The molecule has 1 N–H and O–H groups in total. The molecule has 1 aromatic carbocycles. The van der Waals surface area contributed by atoms with Crippen LogP contribution in [-0.2, 0) is 4.74 Å². The van der Waals surface area contributed by atoms with Crippen molar-refractivity contribution in [1.82, 2.24) is 5.32 Å². The Morgan fingerprint density at radius 2 is 2.06 bits per heavy atom. The molecule has 0 amide bonds. The van der Waals surface area contributed by atoms with E-state index in [-0.39, 0.29) is 5.60 Å². The minimum atomic E-state index is -0.0585. The Labute approximate surface area is 119 Å². The van der Waals surface area contributed by atoms with Crippen molar-refractivity contribution < 1.29 is 4.74 Å². The molecular weight excluding hydrogens is 290 g/mol. The van der Waals surface area contributed by atoms with Crippen molar-refractivity contribution in [2.75, 3.05) is 14.2 Å². The van der Waals surface area contributed by atoms with Crippen molar-refractivity contribution in [3.05, 3.63) is 33.8 Å². The summed E-state index contributed by atoms with van der Waals surface area (Å²) >= 11 is 3.60. The number of ether oxygens (including phenoxy) is 1. The summed E-state index contributed by atoms with van der Waals surface area (Å²) < 4.78 is 6.65. The van der Waals surface area contributed by atoms with Crippen LogP contribution in [0, 0.1) is 6.92 Å². The molecule has 1 unspecified atom stereocenters. The first-order valence-corrected chi connectivity index (χ1v) is 7.17. The molecule has 3 heteroatoms. The Kier molecular flexibility index (Phi) is 5.83. The number of methoxy groups -OCH3 is 1. The van der Waals surface area contributed by atoms with E-state index >= 15 is 0 Å². The van der Waals surface area contributed by atoms with Gasteiger partial charge < -0.3 is 10.1 Å². The normalized spacial score (nSPS) is 13.7. The van der Waals surface area contributed by atoms with Crippen LogP contribution in [0.1, 0.15) is 43.9 Å². The molecule has 1 rings (SSSR count). The van der Waals surface area contributed by atoms with E-state index in [2.05, 4.69) is 60.2 Å². The van der Waals surface area contributed by atoms with Crippen molar-refractivity contribution in [1.29, 1.82) is 0 Å². The molecule has 0 bridgehead atoms. The number of benzene rings is 1. The van der Waals surface area contributed by atoms with Crippen LogP contribution in [0.25, 0.3) is 0 Å². The topological polar surface area (TPSA) is 21.3 Å². The van der Waals surface area contributed by atoms with Gasteiger partial charge in [0, 0.05) is 17.6 Å². The molecule has 0 aliphatic carbocycles. The maximum atomic E-state index is 5.47. The van der Waals surface area contributed by atoms with E-state index in [1.807, 2.05) is 7.05 Å². The van der Waals surface area contributed by atoms with Gasteiger partial charge in [0.05, 0.1) is 5.60 Å². The number of hydrogen-bond donors (Lipinski definition) is 1. The first kappa shape index (κ1) is 15.7. The van der Waals surface area contributed by atoms with E-state index in [0.717, 1.165) is 12.8 Å². The van der Waals surface area contributed by atoms with Crippen LogP contribution in [0.5, 0.6) is 0 Å². The summed E-state index contributed by atoms with van der Waals surface area (Å²) in [6, 6.07) is 6.93. The molecular formula is C15H24BrNO. The van der Waals surface area contributed by atoms with E-state index in [9.17, 15) is 0 Å². The van der Waals surface area contributed by atoms with Crippen LogP contribution in [0.15, 0.2) is 22.7 Å². The molecule has 18 heavy (non-hydrogen) atoms. The van der Waals surface area contributed by atoms with Crippen LogP contribution in [0.3, 0.4) is 0 Å². The fraction of sp³-hybridized carbons (Fsp3) is 0.600. The Morgan fingerprint density at radius 3 is 2.56 bits per heavy atom. The van der Waals surface area contributed by atoms with Gasteiger partial charge in [-0.15, -0.1) is 0 Å². The first-order chi connectivity index (χ1) is 8.39. The zero-order chi connectivity index (χ0) is 13.8. The minimum absolute atomic E-state index is 0.0585. The number of halogens is 1. The van der Waals surface area contributed by atoms with Crippen LogP contribution in [0.2, 0.25) is 0 Å². The second-order valence-electron chi connectivity index (χ2n) is 5.35. The third-order valence-corrected chi connectivity index (χ3v) is 4.39. The summed E-state index contributed by atoms with van der Waals surface area (Å²) in [5, 5.41) is 3.39. The van der Waals surface area contributed by atoms with Gasteiger partial charge in [0.15, 0.2) is 0 Å². The fourth-order valence-corrected chi connectivity index (χ4v) is 2.29. The second kappa shape index (κ2) is 6.69. The Hall–Kier alpha value is -0.380. The van der Waals surface area contributed by atoms with Gasteiger partial charge in [0.2, 0.25) is 0 Å². The molecule has 0 fully saturated rings. The predicted molar refractivity (Wildman–Crippen MR) is 81.0 cm³/mol. The molecule has 0 heterocycles.